The number of amides is 1. The molecule has 1 N–H and O–H groups in total. The molecule has 7 heteroatoms. The van der Waals surface area contributed by atoms with Crippen molar-refractivity contribution in [3.63, 3.8) is 0 Å². The van der Waals surface area contributed by atoms with Gasteiger partial charge in [-0.15, -0.1) is 0 Å². The summed E-state index contributed by atoms with van der Waals surface area (Å²) in [7, 11) is 0. The molecule has 19 heavy (non-hydrogen) atoms. The third-order valence-electron chi connectivity index (χ3n) is 2.50. The maximum Gasteiger partial charge on any atom is 0.282 e. The van der Waals surface area contributed by atoms with Crippen LogP contribution in [0.25, 0.3) is 0 Å². The molecule has 1 aromatic rings. The standard InChI is InChI=1S/C12H14BrClN2O3/c13-6-2-1-3-7-15-12(17)10-8-9(14)4-5-11(10)16(18)19/h4-5,8H,1-3,6-7H2,(H,15,17). The number of unbranched alkanes of at least 4 members (excludes halogenated alkanes) is 2. The summed E-state index contributed by atoms with van der Waals surface area (Å²) in [6.07, 6.45) is 2.86. The minimum absolute atomic E-state index is 0.00186. The first kappa shape index (κ1) is 15.9. The Morgan fingerprint density at radius 2 is 2.11 bits per heavy atom. The molecule has 0 radical (unpaired) electrons. The van der Waals surface area contributed by atoms with Gasteiger partial charge in [0.15, 0.2) is 0 Å². The third-order valence-corrected chi connectivity index (χ3v) is 3.29. The minimum Gasteiger partial charge on any atom is -0.352 e. The highest BCUT2D eigenvalue weighted by atomic mass is 79.9. The summed E-state index contributed by atoms with van der Waals surface area (Å²) in [6, 6.07) is 3.95. The molecule has 1 amide bonds. The van der Waals surface area contributed by atoms with E-state index in [2.05, 4.69) is 21.2 Å². The summed E-state index contributed by atoms with van der Waals surface area (Å²) in [5.41, 5.74) is -0.236. The van der Waals surface area contributed by atoms with Gasteiger partial charge >= 0.3 is 0 Å². The molecule has 104 valence electrons. The molecule has 0 saturated carbocycles. The number of hydrogen-bond acceptors (Lipinski definition) is 3. The van der Waals surface area contributed by atoms with Crippen molar-refractivity contribution in [2.24, 2.45) is 0 Å². The number of nitrogens with one attached hydrogen (secondary N) is 1. The number of benzene rings is 1. The Labute approximate surface area is 124 Å². The van der Waals surface area contributed by atoms with Gasteiger partial charge < -0.3 is 5.32 Å². The molecule has 0 spiro atoms. The summed E-state index contributed by atoms with van der Waals surface area (Å²) in [4.78, 5) is 22.1. The third kappa shape index (κ3) is 5.16. The van der Waals surface area contributed by atoms with Crippen molar-refractivity contribution in [1.29, 1.82) is 0 Å². The molecule has 0 aliphatic rings. The molecular weight excluding hydrogens is 336 g/mol. The highest BCUT2D eigenvalue weighted by Gasteiger charge is 2.19. The number of nitro groups is 1. The Morgan fingerprint density at radius 1 is 1.37 bits per heavy atom. The van der Waals surface area contributed by atoms with Gasteiger partial charge in [-0.05, 0) is 25.0 Å². The highest BCUT2D eigenvalue weighted by Crippen LogP contribution is 2.22. The molecule has 0 aliphatic carbocycles. The van der Waals surface area contributed by atoms with Gasteiger partial charge in [0.1, 0.15) is 5.56 Å². The predicted molar refractivity (Wildman–Crippen MR) is 78.1 cm³/mol. The molecule has 0 bridgehead atoms. The predicted octanol–water partition coefficient (Wildman–Crippen LogP) is 3.54. The zero-order valence-corrected chi connectivity index (χ0v) is 12.5. The largest absolute Gasteiger partial charge is 0.352 e. The van der Waals surface area contributed by atoms with Gasteiger partial charge in [-0.25, -0.2) is 0 Å². The van der Waals surface area contributed by atoms with Crippen LogP contribution in [0.2, 0.25) is 5.02 Å². The maximum absolute atomic E-state index is 11.9. The lowest BCUT2D eigenvalue weighted by Gasteiger charge is -2.06. The van der Waals surface area contributed by atoms with Gasteiger partial charge in [-0.1, -0.05) is 34.0 Å². The van der Waals surface area contributed by atoms with E-state index >= 15 is 0 Å². The number of nitrogens with zero attached hydrogens (tertiary/aromatic N) is 1. The smallest absolute Gasteiger partial charge is 0.282 e. The van der Waals surface area contributed by atoms with Crippen molar-refractivity contribution < 1.29 is 9.72 Å². The fourth-order valence-corrected chi connectivity index (χ4v) is 2.11. The van der Waals surface area contributed by atoms with E-state index in [0.717, 1.165) is 24.6 Å². The van der Waals surface area contributed by atoms with Crippen LogP contribution in [0.4, 0.5) is 5.69 Å². The lowest BCUT2D eigenvalue weighted by Crippen LogP contribution is -2.25. The topological polar surface area (TPSA) is 72.2 Å². The Bertz CT molecular complexity index is 468. The zero-order valence-electron chi connectivity index (χ0n) is 10.2. The lowest BCUT2D eigenvalue weighted by molar-refractivity contribution is -0.385. The lowest BCUT2D eigenvalue weighted by atomic mass is 10.1. The van der Waals surface area contributed by atoms with Crippen molar-refractivity contribution >= 4 is 39.1 Å². The summed E-state index contributed by atoms with van der Waals surface area (Å²) in [5.74, 6) is -0.465. The Morgan fingerprint density at radius 3 is 2.74 bits per heavy atom. The van der Waals surface area contributed by atoms with Gasteiger partial charge in [0, 0.05) is 23.0 Å². The Balaban J connectivity index is 2.65. The minimum atomic E-state index is -0.587. The number of hydrogen-bond donors (Lipinski definition) is 1. The van der Waals surface area contributed by atoms with Crippen molar-refractivity contribution in [3.8, 4) is 0 Å². The zero-order chi connectivity index (χ0) is 14.3. The average Bonchev–Trinajstić information content (AvgIpc) is 2.37. The van der Waals surface area contributed by atoms with Crippen LogP contribution in [0.1, 0.15) is 29.6 Å². The van der Waals surface area contributed by atoms with Crippen LogP contribution in [0.5, 0.6) is 0 Å². The quantitative estimate of drug-likeness (QED) is 0.354. The van der Waals surface area contributed by atoms with Gasteiger partial charge in [-0.3, -0.25) is 14.9 Å². The summed E-state index contributed by atoms with van der Waals surface area (Å²) in [6.45, 7) is 0.496. The second kappa shape index (κ2) is 8.12. The van der Waals surface area contributed by atoms with E-state index in [0.29, 0.717) is 11.6 Å². The highest BCUT2D eigenvalue weighted by molar-refractivity contribution is 9.09. The van der Waals surface area contributed by atoms with Crippen molar-refractivity contribution in [3.05, 3.63) is 38.9 Å². The maximum atomic E-state index is 11.9. The van der Waals surface area contributed by atoms with E-state index < -0.39 is 10.8 Å². The summed E-state index contributed by atoms with van der Waals surface area (Å²) >= 11 is 9.08. The van der Waals surface area contributed by atoms with Crippen LogP contribution in [0, 0.1) is 10.1 Å². The van der Waals surface area contributed by atoms with Crippen molar-refractivity contribution in [2.45, 2.75) is 19.3 Å². The fraction of sp³-hybridized carbons (Fsp3) is 0.417. The van der Waals surface area contributed by atoms with Crippen LogP contribution in [0.3, 0.4) is 0 Å². The first-order valence-electron chi connectivity index (χ1n) is 5.84. The number of rotatable bonds is 7. The first-order valence-corrected chi connectivity index (χ1v) is 7.34. The van der Waals surface area contributed by atoms with Crippen LogP contribution >= 0.6 is 27.5 Å². The van der Waals surface area contributed by atoms with Gasteiger partial charge in [0.2, 0.25) is 0 Å². The van der Waals surface area contributed by atoms with E-state index in [4.69, 9.17) is 11.6 Å². The SMILES string of the molecule is O=C(NCCCCCBr)c1cc(Cl)ccc1[N+](=O)[O-]. The molecular formula is C12H14BrClN2O3. The van der Waals surface area contributed by atoms with Crippen LogP contribution < -0.4 is 5.32 Å². The second-order valence-electron chi connectivity index (χ2n) is 3.92. The Hall–Kier alpha value is -1.14. The number of halogens is 2. The van der Waals surface area contributed by atoms with Crippen molar-refractivity contribution in [1.82, 2.24) is 5.32 Å². The van der Waals surface area contributed by atoms with E-state index in [1.165, 1.54) is 18.2 Å². The molecule has 0 heterocycles. The molecule has 5 nitrogen and oxygen atoms in total. The molecule has 0 unspecified atom stereocenters. The number of carbonyl (C=O) groups is 1. The molecule has 0 atom stereocenters. The van der Waals surface area contributed by atoms with E-state index in [-0.39, 0.29) is 11.3 Å². The van der Waals surface area contributed by atoms with Crippen LogP contribution in [0.15, 0.2) is 18.2 Å². The second-order valence-corrected chi connectivity index (χ2v) is 5.15. The molecule has 1 aromatic carbocycles. The van der Waals surface area contributed by atoms with Gasteiger partial charge in [0.25, 0.3) is 11.6 Å². The van der Waals surface area contributed by atoms with E-state index in [1.54, 1.807) is 0 Å². The number of nitro benzene ring substituents is 1. The molecule has 0 aliphatic heterocycles. The van der Waals surface area contributed by atoms with E-state index in [9.17, 15) is 14.9 Å². The molecule has 0 fully saturated rings. The van der Waals surface area contributed by atoms with E-state index in [1.807, 2.05) is 0 Å². The summed E-state index contributed by atoms with van der Waals surface area (Å²) in [5, 5.41) is 14.7. The Kier molecular flexibility index (Phi) is 6.80. The first-order chi connectivity index (χ1) is 9.06. The number of alkyl halides is 1. The average molecular weight is 350 g/mol. The summed E-state index contributed by atoms with van der Waals surface area (Å²) < 4.78 is 0. The van der Waals surface area contributed by atoms with Crippen LogP contribution in [-0.4, -0.2) is 22.7 Å². The van der Waals surface area contributed by atoms with Crippen molar-refractivity contribution in [2.75, 3.05) is 11.9 Å². The molecule has 0 aromatic heterocycles. The fourth-order valence-electron chi connectivity index (χ4n) is 1.54. The van der Waals surface area contributed by atoms with Gasteiger partial charge in [-0.2, -0.15) is 0 Å². The molecule has 0 saturated heterocycles. The normalized spacial score (nSPS) is 10.2. The number of carbonyl (C=O) groups excluding carboxylic acids is 1. The van der Waals surface area contributed by atoms with Crippen LogP contribution in [-0.2, 0) is 0 Å². The van der Waals surface area contributed by atoms with Gasteiger partial charge in [0.05, 0.1) is 4.92 Å². The molecule has 1 rings (SSSR count). The monoisotopic (exact) mass is 348 g/mol.